The summed E-state index contributed by atoms with van der Waals surface area (Å²) >= 11 is 0. The Hall–Kier alpha value is -3.34. The van der Waals surface area contributed by atoms with Gasteiger partial charge in [-0.2, -0.15) is 0 Å². The lowest BCUT2D eigenvalue weighted by atomic mass is 9.99. The molecule has 0 N–H and O–H groups in total. The fourth-order valence-corrected chi connectivity index (χ4v) is 3.54. The fraction of sp³-hybridized carbons (Fsp3) is 0.280. The molecule has 30 heavy (non-hydrogen) atoms. The number of hydrogen-bond donors (Lipinski definition) is 0. The van der Waals surface area contributed by atoms with Gasteiger partial charge >= 0.3 is 0 Å². The third-order valence-electron chi connectivity index (χ3n) is 5.10. The first-order chi connectivity index (χ1) is 14.8. The average Bonchev–Trinajstić information content (AvgIpc) is 3.20. The summed E-state index contributed by atoms with van der Waals surface area (Å²) < 4.78 is 17.6. The van der Waals surface area contributed by atoms with Crippen molar-refractivity contribution >= 4 is 11.1 Å². The van der Waals surface area contributed by atoms with Gasteiger partial charge in [0.1, 0.15) is 23.2 Å². The predicted octanol–water partition coefficient (Wildman–Crippen LogP) is 6.52. The highest BCUT2D eigenvalue weighted by Crippen LogP contribution is 2.43. The molecule has 0 amide bonds. The highest BCUT2D eigenvalue weighted by atomic mass is 16.5. The first kappa shape index (κ1) is 20.0. The van der Waals surface area contributed by atoms with Crippen molar-refractivity contribution in [2.24, 2.45) is 0 Å². The lowest BCUT2D eigenvalue weighted by Gasteiger charge is -2.08. The van der Waals surface area contributed by atoms with E-state index in [4.69, 9.17) is 13.9 Å². The second kappa shape index (κ2) is 9.44. The van der Waals surface area contributed by atoms with E-state index in [1.165, 1.54) is 19.2 Å². The molecule has 0 atom stereocenters. The van der Waals surface area contributed by atoms with Gasteiger partial charge in [0.15, 0.2) is 0 Å². The summed E-state index contributed by atoms with van der Waals surface area (Å²) in [4.78, 5) is 8.82. The summed E-state index contributed by atoms with van der Waals surface area (Å²) in [6.45, 7) is 2.83. The first-order valence-corrected chi connectivity index (χ1v) is 10.4. The van der Waals surface area contributed by atoms with Gasteiger partial charge in [-0.1, -0.05) is 68.7 Å². The molecule has 5 heteroatoms. The van der Waals surface area contributed by atoms with Gasteiger partial charge in [0, 0.05) is 11.1 Å². The van der Waals surface area contributed by atoms with E-state index >= 15 is 0 Å². The zero-order valence-corrected chi connectivity index (χ0v) is 17.4. The molecule has 0 fully saturated rings. The molecule has 0 unspecified atom stereocenters. The van der Waals surface area contributed by atoms with Crippen LogP contribution in [-0.2, 0) is 0 Å². The number of nitrogens with zero attached hydrogens (tertiary/aromatic N) is 2. The van der Waals surface area contributed by atoms with Crippen molar-refractivity contribution in [3.63, 3.8) is 0 Å². The largest absolute Gasteiger partial charge is 0.497 e. The minimum absolute atomic E-state index is 0.526. The van der Waals surface area contributed by atoms with Crippen LogP contribution in [0.3, 0.4) is 0 Å². The van der Waals surface area contributed by atoms with E-state index in [0.29, 0.717) is 18.2 Å². The van der Waals surface area contributed by atoms with Crippen LogP contribution in [0.15, 0.2) is 65.3 Å². The summed E-state index contributed by atoms with van der Waals surface area (Å²) in [7, 11) is 1.66. The van der Waals surface area contributed by atoms with E-state index in [2.05, 4.69) is 16.9 Å². The number of methoxy groups -OCH3 is 1. The van der Waals surface area contributed by atoms with Gasteiger partial charge in [-0.25, -0.2) is 9.97 Å². The Morgan fingerprint density at radius 2 is 1.67 bits per heavy atom. The molecule has 4 aromatic rings. The molecule has 154 valence electrons. The van der Waals surface area contributed by atoms with Crippen molar-refractivity contribution < 1.29 is 13.9 Å². The van der Waals surface area contributed by atoms with Gasteiger partial charge in [0.2, 0.25) is 11.6 Å². The fourth-order valence-electron chi connectivity index (χ4n) is 3.54. The van der Waals surface area contributed by atoms with Gasteiger partial charge in [-0.3, -0.25) is 0 Å². The Bertz CT molecular complexity index is 1090. The van der Waals surface area contributed by atoms with Crippen LogP contribution >= 0.6 is 0 Å². The second-order valence-corrected chi connectivity index (χ2v) is 7.17. The maximum Gasteiger partial charge on any atom is 0.234 e. The topological polar surface area (TPSA) is 57.4 Å². The molecular weight excluding hydrogens is 376 g/mol. The van der Waals surface area contributed by atoms with Crippen LogP contribution < -0.4 is 9.47 Å². The standard InChI is InChI=1S/C25H26N2O3/c1-3-4-5-9-16-29-24-22-21(18-12-14-20(28-2)15-13-18)23(19-10-7-6-8-11-19)30-25(22)27-17-26-24/h6-8,10-15,17H,3-5,9,16H2,1-2H3. The monoisotopic (exact) mass is 402 g/mol. The summed E-state index contributed by atoms with van der Waals surface area (Å²) in [5.41, 5.74) is 3.44. The third kappa shape index (κ3) is 4.15. The molecule has 2 aromatic carbocycles. The number of benzene rings is 2. The van der Waals surface area contributed by atoms with E-state index in [1.807, 2.05) is 54.6 Å². The van der Waals surface area contributed by atoms with Crippen molar-refractivity contribution in [2.75, 3.05) is 13.7 Å². The Kier molecular flexibility index (Phi) is 6.28. The summed E-state index contributed by atoms with van der Waals surface area (Å²) in [5, 5.41) is 0.803. The Morgan fingerprint density at radius 1 is 0.867 bits per heavy atom. The molecule has 0 saturated heterocycles. The van der Waals surface area contributed by atoms with Crippen LogP contribution in [0.5, 0.6) is 11.6 Å². The SMILES string of the molecule is CCCCCCOc1ncnc2oc(-c3ccccc3)c(-c3ccc(OC)cc3)c12. The molecule has 0 aliphatic carbocycles. The van der Waals surface area contributed by atoms with Crippen LogP contribution in [0.4, 0.5) is 0 Å². The highest BCUT2D eigenvalue weighted by molar-refractivity contribution is 6.03. The maximum atomic E-state index is 6.22. The van der Waals surface area contributed by atoms with Crippen molar-refractivity contribution in [1.29, 1.82) is 0 Å². The molecule has 5 nitrogen and oxygen atoms in total. The minimum atomic E-state index is 0.526. The van der Waals surface area contributed by atoms with Crippen LogP contribution in [0.2, 0.25) is 0 Å². The molecule has 0 radical (unpaired) electrons. The number of aromatic nitrogens is 2. The van der Waals surface area contributed by atoms with Crippen LogP contribution in [0.1, 0.15) is 32.6 Å². The normalized spacial score (nSPS) is 11.0. The zero-order chi connectivity index (χ0) is 20.8. The van der Waals surface area contributed by atoms with Crippen LogP contribution in [-0.4, -0.2) is 23.7 Å². The summed E-state index contributed by atoms with van der Waals surface area (Å²) in [6, 6.07) is 18.0. The van der Waals surface area contributed by atoms with Crippen molar-refractivity contribution in [1.82, 2.24) is 9.97 Å². The Labute approximate surface area is 176 Å². The quantitative estimate of drug-likeness (QED) is 0.298. The summed E-state index contributed by atoms with van der Waals surface area (Å²) in [6.07, 6.45) is 6.06. The van der Waals surface area contributed by atoms with E-state index in [9.17, 15) is 0 Å². The van der Waals surface area contributed by atoms with Gasteiger partial charge in [-0.05, 0) is 24.1 Å². The average molecular weight is 402 g/mol. The van der Waals surface area contributed by atoms with Gasteiger partial charge < -0.3 is 13.9 Å². The number of rotatable bonds is 9. The number of unbranched alkanes of at least 4 members (excludes halogenated alkanes) is 3. The van der Waals surface area contributed by atoms with Crippen molar-refractivity contribution in [3.05, 3.63) is 60.9 Å². The lowest BCUT2D eigenvalue weighted by molar-refractivity contribution is 0.297. The van der Waals surface area contributed by atoms with E-state index in [-0.39, 0.29) is 0 Å². The molecule has 0 aliphatic rings. The van der Waals surface area contributed by atoms with E-state index < -0.39 is 0 Å². The maximum absolute atomic E-state index is 6.22. The lowest BCUT2D eigenvalue weighted by Crippen LogP contribution is -2.00. The van der Waals surface area contributed by atoms with Gasteiger partial charge in [0.05, 0.1) is 13.7 Å². The molecule has 0 bridgehead atoms. The Morgan fingerprint density at radius 3 is 2.40 bits per heavy atom. The Balaban J connectivity index is 1.81. The predicted molar refractivity (Wildman–Crippen MR) is 119 cm³/mol. The minimum Gasteiger partial charge on any atom is -0.497 e. The zero-order valence-electron chi connectivity index (χ0n) is 17.4. The first-order valence-electron chi connectivity index (χ1n) is 10.4. The van der Waals surface area contributed by atoms with Gasteiger partial charge in [-0.15, -0.1) is 0 Å². The second-order valence-electron chi connectivity index (χ2n) is 7.17. The van der Waals surface area contributed by atoms with E-state index in [0.717, 1.165) is 46.4 Å². The molecule has 4 rings (SSSR count). The van der Waals surface area contributed by atoms with E-state index in [1.54, 1.807) is 7.11 Å². The number of furan rings is 1. The molecule has 0 spiro atoms. The van der Waals surface area contributed by atoms with Crippen LogP contribution in [0.25, 0.3) is 33.6 Å². The van der Waals surface area contributed by atoms with Crippen molar-refractivity contribution in [2.45, 2.75) is 32.6 Å². The third-order valence-corrected chi connectivity index (χ3v) is 5.10. The number of ether oxygens (including phenoxy) is 2. The molecule has 0 saturated carbocycles. The summed E-state index contributed by atoms with van der Waals surface area (Å²) in [5.74, 6) is 2.12. The molecular formula is C25H26N2O3. The molecule has 0 aliphatic heterocycles. The molecule has 2 heterocycles. The highest BCUT2D eigenvalue weighted by Gasteiger charge is 2.22. The van der Waals surface area contributed by atoms with Crippen molar-refractivity contribution in [3.8, 4) is 34.1 Å². The van der Waals surface area contributed by atoms with Crippen LogP contribution in [0, 0.1) is 0 Å². The number of fused-ring (bicyclic) bond motifs is 1. The molecule has 2 aromatic heterocycles. The smallest absolute Gasteiger partial charge is 0.234 e. The number of hydrogen-bond acceptors (Lipinski definition) is 5. The van der Waals surface area contributed by atoms with Gasteiger partial charge in [0.25, 0.3) is 0 Å².